The minimum absolute atomic E-state index is 0.488. The molecule has 1 aliphatic rings. The third-order valence-corrected chi connectivity index (χ3v) is 3.41. The Kier molecular flexibility index (Phi) is 4.32. The summed E-state index contributed by atoms with van der Waals surface area (Å²) in [6, 6.07) is 5.81. The third kappa shape index (κ3) is 3.67. The zero-order valence-electron chi connectivity index (χ0n) is 10.5. The summed E-state index contributed by atoms with van der Waals surface area (Å²) in [7, 11) is 0. The van der Waals surface area contributed by atoms with Gasteiger partial charge in [0, 0.05) is 0 Å². The monoisotopic (exact) mass is 231 g/mol. The van der Waals surface area contributed by atoms with E-state index < -0.39 is 6.10 Å². The molecule has 1 aromatic rings. The van der Waals surface area contributed by atoms with Crippen LogP contribution in [0, 0.1) is 5.92 Å². The fourth-order valence-electron chi connectivity index (χ4n) is 2.36. The molecule has 1 fully saturated rings. The van der Waals surface area contributed by atoms with Gasteiger partial charge in [0.05, 0.1) is 17.5 Å². The number of hydrogen-bond acceptors (Lipinski definition) is 2. The largest absolute Gasteiger partial charge is 0.387 e. The summed E-state index contributed by atoms with van der Waals surface area (Å²) < 4.78 is 0. The molecule has 1 saturated carbocycles. The smallest absolute Gasteiger partial charge is 0.0932 e. The van der Waals surface area contributed by atoms with Crippen molar-refractivity contribution in [1.82, 2.24) is 4.98 Å². The van der Waals surface area contributed by atoms with Crippen LogP contribution in [0.5, 0.6) is 0 Å². The Bertz CT molecular complexity index is 378. The van der Waals surface area contributed by atoms with E-state index in [9.17, 15) is 5.11 Å². The van der Waals surface area contributed by atoms with Crippen LogP contribution in [0.3, 0.4) is 0 Å². The van der Waals surface area contributed by atoms with E-state index in [0.717, 1.165) is 17.3 Å². The number of rotatable bonds is 3. The molecular weight excluding hydrogens is 210 g/mol. The highest BCUT2D eigenvalue weighted by atomic mass is 16.3. The minimum atomic E-state index is -0.488. The molecular formula is C15H21NO. The predicted molar refractivity (Wildman–Crippen MR) is 70.5 cm³/mol. The van der Waals surface area contributed by atoms with Gasteiger partial charge >= 0.3 is 0 Å². The number of pyridine rings is 1. The lowest BCUT2D eigenvalue weighted by Gasteiger charge is -2.17. The summed E-state index contributed by atoms with van der Waals surface area (Å²) >= 11 is 0. The predicted octanol–water partition coefficient (Wildman–Crippen LogP) is 3.73. The van der Waals surface area contributed by atoms with Crippen molar-refractivity contribution < 1.29 is 5.11 Å². The summed E-state index contributed by atoms with van der Waals surface area (Å²) in [5, 5.41) is 9.48. The Morgan fingerprint density at radius 3 is 2.76 bits per heavy atom. The Labute approximate surface area is 103 Å². The van der Waals surface area contributed by atoms with Gasteiger partial charge in [0.25, 0.3) is 0 Å². The second kappa shape index (κ2) is 5.97. The molecule has 0 unspecified atom stereocenters. The van der Waals surface area contributed by atoms with Gasteiger partial charge in [-0.25, -0.2) is 0 Å². The highest BCUT2D eigenvalue weighted by Crippen LogP contribution is 2.25. The van der Waals surface area contributed by atoms with Crippen molar-refractivity contribution in [2.45, 2.75) is 45.1 Å². The minimum Gasteiger partial charge on any atom is -0.387 e. The molecule has 92 valence electrons. The molecule has 0 aromatic carbocycles. The highest BCUT2D eigenvalue weighted by molar-refractivity contribution is 5.45. The summed E-state index contributed by atoms with van der Waals surface area (Å²) in [4.78, 5) is 4.42. The van der Waals surface area contributed by atoms with E-state index >= 15 is 0 Å². The van der Waals surface area contributed by atoms with Crippen LogP contribution in [-0.2, 0) is 0 Å². The number of aliphatic hydroxyl groups excluding tert-OH is 1. The van der Waals surface area contributed by atoms with E-state index in [1.807, 2.05) is 18.2 Å². The first-order chi connectivity index (χ1) is 8.25. The Morgan fingerprint density at radius 2 is 2.06 bits per heavy atom. The lowest BCUT2D eigenvalue weighted by molar-refractivity contribution is 0.194. The van der Waals surface area contributed by atoms with E-state index in [2.05, 4.69) is 17.1 Å². The molecule has 17 heavy (non-hydrogen) atoms. The standard InChI is InChI=1S/C15H21NO/c1-12(17)15-9-5-8-14(16-15)11-10-13-6-3-2-4-7-13/h5,8-13,17H,2-4,6-7H2,1H3/b11-10+/t12-/m0/s1. The fourth-order valence-corrected chi connectivity index (χ4v) is 2.36. The van der Waals surface area contributed by atoms with E-state index in [0.29, 0.717) is 0 Å². The number of allylic oxidation sites excluding steroid dienone is 1. The average molecular weight is 231 g/mol. The van der Waals surface area contributed by atoms with Crippen molar-refractivity contribution in [1.29, 1.82) is 0 Å². The number of aromatic nitrogens is 1. The molecule has 1 aromatic heterocycles. The Morgan fingerprint density at radius 1 is 1.29 bits per heavy atom. The lowest BCUT2D eigenvalue weighted by Crippen LogP contribution is -2.02. The number of aliphatic hydroxyl groups is 1. The van der Waals surface area contributed by atoms with Gasteiger partial charge in [0.2, 0.25) is 0 Å². The van der Waals surface area contributed by atoms with Crippen LogP contribution >= 0.6 is 0 Å². The van der Waals surface area contributed by atoms with E-state index in [1.54, 1.807) is 6.92 Å². The fraction of sp³-hybridized carbons (Fsp3) is 0.533. The van der Waals surface area contributed by atoms with Crippen LogP contribution in [0.4, 0.5) is 0 Å². The molecule has 1 heterocycles. The molecule has 0 spiro atoms. The first-order valence-electron chi connectivity index (χ1n) is 6.59. The van der Waals surface area contributed by atoms with Gasteiger partial charge in [-0.15, -0.1) is 0 Å². The molecule has 1 N–H and O–H groups in total. The number of hydrogen-bond donors (Lipinski definition) is 1. The van der Waals surface area contributed by atoms with Crippen molar-refractivity contribution in [2.75, 3.05) is 0 Å². The lowest BCUT2D eigenvalue weighted by atomic mass is 9.89. The summed E-state index contributed by atoms with van der Waals surface area (Å²) in [5.74, 6) is 0.723. The highest BCUT2D eigenvalue weighted by Gasteiger charge is 2.09. The van der Waals surface area contributed by atoms with Gasteiger partial charge in [0.1, 0.15) is 0 Å². The Balaban J connectivity index is 2.01. The molecule has 2 nitrogen and oxygen atoms in total. The average Bonchev–Trinajstić information content (AvgIpc) is 2.38. The van der Waals surface area contributed by atoms with Gasteiger partial charge in [-0.1, -0.05) is 31.4 Å². The van der Waals surface area contributed by atoms with Crippen LogP contribution < -0.4 is 0 Å². The quantitative estimate of drug-likeness (QED) is 0.859. The summed E-state index contributed by atoms with van der Waals surface area (Å²) in [6.07, 6.45) is 10.6. The molecule has 0 aliphatic heterocycles. The summed E-state index contributed by atoms with van der Waals surface area (Å²) in [5.41, 5.74) is 1.70. The second-order valence-corrected chi connectivity index (χ2v) is 4.92. The normalized spacial score (nSPS) is 19.6. The van der Waals surface area contributed by atoms with Crippen LogP contribution in [0.1, 0.15) is 56.5 Å². The molecule has 0 bridgehead atoms. The van der Waals surface area contributed by atoms with Crippen molar-refractivity contribution in [3.63, 3.8) is 0 Å². The maximum atomic E-state index is 9.48. The SMILES string of the molecule is C[C@H](O)c1cccc(/C=C/C2CCCCC2)n1. The Hall–Kier alpha value is -1.15. The first-order valence-corrected chi connectivity index (χ1v) is 6.59. The van der Waals surface area contributed by atoms with E-state index in [4.69, 9.17) is 0 Å². The van der Waals surface area contributed by atoms with Crippen LogP contribution in [0.15, 0.2) is 24.3 Å². The topological polar surface area (TPSA) is 33.1 Å². The maximum Gasteiger partial charge on any atom is 0.0932 e. The van der Waals surface area contributed by atoms with Crippen molar-refractivity contribution >= 4 is 6.08 Å². The van der Waals surface area contributed by atoms with Gasteiger partial charge < -0.3 is 5.11 Å². The van der Waals surface area contributed by atoms with E-state index in [-0.39, 0.29) is 0 Å². The van der Waals surface area contributed by atoms with Gasteiger partial charge in [-0.2, -0.15) is 0 Å². The first kappa shape index (κ1) is 12.3. The van der Waals surface area contributed by atoms with Gasteiger partial charge in [0.15, 0.2) is 0 Å². The van der Waals surface area contributed by atoms with Crippen molar-refractivity contribution in [3.8, 4) is 0 Å². The molecule has 0 radical (unpaired) electrons. The molecule has 0 amide bonds. The molecule has 2 rings (SSSR count). The van der Waals surface area contributed by atoms with Crippen molar-refractivity contribution in [2.24, 2.45) is 5.92 Å². The zero-order valence-corrected chi connectivity index (χ0v) is 10.5. The van der Waals surface area contributed by atoms with Crippen LogP contribution in [-0.4, -0.2) is 10.1 Å². The van der Waals surface area contributed by atoms with E-state index in [1.165, 1.54) is 32.1 Å². The number of nitrogens with zero attached hydrogens (tertiary/aromatic N) is 1. The zero-order chi connectivity index (χ0) is 12.1. The molecule has 1 atom stereocenters. The van der Waals surface area contributed by atoms with Gasteiger partial charge in [-0.05, 0) is 43.9 Å². The third-order valence-electron chi connectivity index (χ3n) is 3.41. The molecule has 2 heteroatoms. The summed E-state index contributed by atoms with van der Waals surface area (Å²) in [6.45, 7) is 1.75. The van der Waals surface area contributed by atoms with Crippen molar-refractivity contribution in [3.05, 3.63) is 35.7 Å². The van der Waals surface area contributed by atoms with Crippen LogP contribution in [0.25, 0.3) is 6.08 Å². The maximum absolute atomic E-state index is 9.48. The molecule has 1 aliphatic carbocycles. The van der Waals surface area contributed by atoms with Gasteiger partial charge in [-0.3, -0.25) is 4.98 Å². The second-order valence-electron chi connectivity index (χ2n) is 4.92. The van der Waals surface area contributed by atoms with Crippen LogP contribution in [0.2, 0.25) is 0 Å². The molecule has 0 saturated heterocycles.